The zero-order valence-corrected chi connectivity index (χ0v) is 33.7. The molecule has 0 spiro atoms. The van der Waals surface area contributed by atoms with Crippen LogP contribution < -0.4 is 26.2 Å². The molecule has 0 saturated carbocycles. The second kappa shape index (κ2) is 20.0. The van der Waals surface area contributed by atoms with E-state index >= 15 is 0 Å². The van der Waals surface area contributed by atoms with Crippen LogP contribution in [0.25, 0.3) is 0 Å². The number of carbonyl (C=O) groups excluding carboxylic acids is 4. The molecule has 304 valence electrons. The molecule has 15 nitrogen and oxygen atoms in total. The average molecular weight is 784 g/mol. The molecule has 0 aliphatic rings. The summed E-state index contributed by atoms with van der Waals surface area (Å²) in [7, 11) is 0. The van der Waals surface area contributed by atoms with E-state index in [0.29, 0.717) is 13.1 Å². The summed E-state index contributed by atoms with van der Waals surface area (Å²) in [4.78, 5) is 83.0. The van der Waals surface area contributed by atoms with Crippen LogP contribution in [0, 0.1) is 10.8 Å². The summed E-state index contributed by atoms with van der Waals surface area (Å²) in [5, 5.41) is 27.8. The van der Waals surface area contributed by atoms with E-state index in [0.717, 1.165) is 28.2 Å². The zero-order valence-electron chi connectivity index (χ0n) is 33.7. The summed E-state index contributed by atoms with van der Waals surface area (Å²) in [5.41, 5.74) is 2.89. The molecule has 57 heavy (non-hydrogen) atoms. The quantitative estimate of drug-likeness (QED) is 0.0848. The number of hydrogen-bond donors (Lipinski definition) is 6. The molecule has 4 amide bonds. The largest absolute Gasteiger partial charge is 0.465 e. The number of carbonyl (C=O) groups is 6. The van der Waals surface area contributed by atoms with Crippen LogP contribution in [0.3, 0.4) is 0 Å². The predicted octanol–water partition coefficient (Wildman–Crippen LogP) is 6.20. The Hall–Kier alpha value is -6.38. The lowest BCUT2D eigenvalue weighted by molar-refractivity contribution is -0.119. The molecule has 0 fully saturated rings. The summed E-state index contributed by atoms with van der Waals surface area (Å²) >= 11 is 0. The summed E-state index contributed by atoms with van der Waals surface area (Å²) in [6, 6.07) is 24.1. The Morgan fingerprint density at radius 1 is 0.579 bits per heavy atom. The van der Waals surface area contributed by atoms with E-state index in [1.165, 1.54) is 0 Å². The minimum atomic E-state index is -1.50. The van der Waals surface area contributed by atoms with Crippen molar-refractivity contribution >= 4 is 64.1 Å². The van der Waals surface area contributed by atoms with Crippen molar-refractivity contribution in [3.8, 4) is 0 Å². The van der Waals surface area contributed by atoms with Gasteiger partial charge in [-0.3, -0.25) is 39.8 Å². The molecule has 0 saturated heterocycles. The standard InChI is InChI=1S/C42H53N7O8/c1-26(33(50)22-43-35(41(3,4)5)37(52)47-39(54)55)45-30-18-14-28(15-19-30)24-49(32-12-10-9-11-13-32)25-29-16-20-31(21-17-29)46-27(2)34(51)23-44-36(42(6,7)8)38(53)48-40(56)57/h9-21,26-27,45-46H,22-25H2,1-8H3,(H,47,52)(H,48,53)(H,54,55)(H,56,57)/t26-,27?/m0/s1. The minimum Gasteiger partial charge on any atom is -0.465 e. The van der Waals surface area contributed by atoms with Crippen molar-refractivity contribution in [3.05, 3.63) is 90.0 Å². The fourth-order valence-electron chi connectivity index (χ4n) is 5.59. The Bertz CT molecular complexity index is 1840. The van der Waals surface area contributed by atoms with Crippen molar-refractivity contribution < 1.29 is 39.0 Å². The molecule has 0 bridgehead atoms. The van der Waals surface area contributed by atoms with Gasteiger partial charge in [-0.15, -0.1) is 0 Å². The van der Waals surface area contributed by atoms with Gasteiger partial charge in [0.15, 0.2) is 11.6 Å². The lowest BCUT2D eigenvalue weighted by atomic mass is 9.89. The average Bonchev–Trinajstić information content (AvgIpc) is 3.11. The number of anilines is 3. The number of nitrogens with one attached hydrogen (secondary N) is 4. The first kappa shape index (κ1) is 45.0. The molecule has 0 radical (unpaired) electrons. The number of hydrogen-bond acceptors (Lipinski definition) is 11. The molecular formula is C42H53N7O8. The van der Waals surface area contributed by atoms with Gasteiger partial charge in [-0.2, -0.15) is 0 Å². The molecule has 0 aliphatic carbocycles. The molecular weight excluding hydrogens is 731 g/mol. The van der Waals surface area contributed by atoms with Crippen LogP contribution in [-0.2, 0) is 32.3 Å². The molecule has 1 unspecified atom stereocenters. The van der Waals surface area contributed by atoms with Crippen LogP contribution in [0.2, 0.25) is 0 Å². The Morgan fingerprint density at radius 2 is 0.930 bits per heavy atom. The molecule has 3 aromatic rings. The summed E-state index contributed by atoms with van der Waals surface area (Å²) in [6.07, 6.45) is -2.99. The van der Waals surface area contributed by atoms with E-state index in [4.69, 9.17) is 10.2 Å². The summed E-state index contributed by atoms with van der Waals surface area (Å²) in [5.74, 6) is -2.26. The molecule has 3 rings (SSSR count). The fourth-order valence-corrected chi connectivity index (χ4v) is 5.59. The molecule has 0 heterocycles. The number of nitrogens with zero attached hydrogens (tertiary/aromatic N) is 3. The first-order chi connectivity index (χ1) is 26.6. The number of amides is 4. The maximum Gasteiger partial charge on any atom is 0.411 e. The number of para-hydroxylation sites is 1. The highest BCUT2D eigenvalue weighted by Crippen LogP contribution is 2.23. The predicted molar refractivity (Wildman–Crippen MR) is 221 cm³/mol. The van der Waals surface area contributed by atoms with Crippen molar-refractivity contribution in [2.45, 2.75) is 80.6 Å². The normalized spacial score (nSPS) is 13.1. The van der Waals surface area contributed by atoms with Crippen LogP contribution in [-0.4, -0.2) is 82.4 Å². The van der Waals surface area contributed by atoms with Crippen molar-refractivity contribution in [2.75, 3.05) is 28.6 Å². The van der Waals surface area contributed by atoms with Gasteiger partial charge < -0.3 is 25.7 Å². The molecule has 2 atom stereocenters. The number of aliphatic imine (C=N–C) groups is 2. The van der Waals surface area contributed by atoms with Gasteiger partial charge in [0.05, 0.1) is 12.1 Å². The van der Waals surface area contributed by atoms with Gasteiger partial charge in [-0.25, -0.2) is 9.59 Å². The van der Waals surface area contributed by atoms with Crippen molar-refractivity contribution in [3.63, 3.8) is 0 Å². The van der Waals surface area contributed by atoms with Crippen molar-refractivity contribution in [2.24, 2.45) is 20.8 Å². The first-order valence-corrected chi connectivity index (χ1v) is 18.4. The van der Waals surface area contributed by atoms with E-state index < -0.39 is 46.9 Å². The molecule has 0 aliphatic heterocycles. The van der Waals surface area contributed by atoms with Crippen LogP contribution in [0.15, 0.2) is 88.8 Å². The van der Waals surface area contributed by atoms with Gasteiger partial charge in [0.2, 0.25) is 0 Å². The minimum absolute atomic E-state index is 0.0321. The molecule has 3 aromatic carbocycles. The number of rotatable bonds is 17. The van der Waals surface area contributed by atoms with Gasteiger partial charge in [0, 0.05) is 41.0 Å². The summed E-state index contributed by atoms with van der Waals surface area (Å²) in [6.45, 7) is 14.2. The van der Waals surface area contributed by atoms with Crippen molar-refractivity contribution in [1.29, 1.82) is 0 Å². The van der Waals surface area contributed by atoms with Crippen molar-refractivity contribution in [1.82, 2.24) is 10.6 Å². The highest BCUT2D eigenvalue weighted by atomic mass is 16.4. The second-order valence-electron chi connectivity index (χ2n) is 15.6. The van der Waals surface area contributed by atoms with Gasteiger partial charge in [-0.05, 0) is 61.4 Å². The van der Waals surface area contributed by atoms with E-state index in [-0.39, 0.29) is 36.1 Å². The highest BCUT2D eigenvalue weighted by molar-refractivity contribution is 6.43. The lowest BCUT2D eigenvalue weighted by Gasteiger charge is -2.26. The molecule has 0 aromatic heterocycles. The zero-order chi connectivity index (χ0) is 42.5. The summed E-state index contributed by atoms with van der Waals surface area (Å²) < 4.78 is 0. The topological polar surface area (TPSA) is 219 Å². The SMILES string of the molecule is CC(Nc1ccc(CN(Cc2ccc(N[C@@H](C)C(=O)CN=C(C(=O)NC(=O)O)C(C)(C)C)cc2)c2ccccc2)cc1)C(=O)CN=C(C(=O)NC(=O)O)C(C)(C)C. The third-order valence-electron chi connectivity index (χ3n) is 8.59. The van der Waals surface area contributed by atoms with E-state index in [9.17, 15) is 28.8 Å². The maximum atomic E-state index is 12.9. The van der Waals surface area contributed by atoms with E-state index in [1.807, 2.05) is 78.9 Å². The monoisotopic (exact) mass is 783 g/mol. The van der Waals surface area contributed by atoms with Crippen LogP contribution in [0.1, 0.15) is 66.5 Å². The van der Waals surface area contributed by atoms with Crippen LogP contribution in [0.4, 0.5) is 26.7 Å². The number of Topliss-reactive ketones (excluding diaryl/α,β-unsaturated/α-hetero) is 2. The van der Waals surface area contributed by atoms with Gasteiger partial charge in [0.25, 0.3) is 11.8 Å². The molecule has 6 N–H and O–H groups in total. The highest BCUT2D eigenvalue weighted by Gasteiger charge is 2.29. The third-order valence-corrected chi connectivity index (χ3v) is 8.59. The van der Waals surface area contributed by atoms with Gasteiger partial charge in [-0.1, -0.05) is 84.0 Å². The number of benzene rings is 3. The Balaban J connectivity index is 1.65. The third kappa shape index (κ3) is 14.7. The Morgan fingerprint density at radius 3 is 1.25 bits per heavy atom. The number of imide groups is 2. The van der Waals surface area contributed by atoms with E-state index in [1.54, 1.807) is 66.0 Å². The van der Waals surface area contributed by atoms with Crippen LogP contribution in [0.5, 0.6) is 0 Å². The molecule has 15 heteroatoms. The number of carboxylic acid groups (broad SMARTS) is 2. The Labute approximate surface area is 333 Å². The smallest absolute Gasteiger partial charge is 0.411 e. The van der Waals surface area contributed by atoms with Gasteiger partial charge >= 0.3 is 12.2 Å². The fraction of sp³-hybridized carbons (Fsp3) is 0.381. The number of ketones is 2. The first-order valence-electron chi connectivity index (χ1n) is 18.4. The van der Waals surface area contributed by atoms with Gasteiger partial charge in [0.1, 0.15) is 24.5 Å². The Kier molecular flexibility index (Phi) is 15.8. The van der Waals surface area contributed by atoms with E-state index in [2.05, 4.69) is 25.5 Å². The maximum absolute atomic E-state index is 12.9. The van der Waals surface area contributed by atoms with Crippen LogP contribution >= 0.6 is 0 Å². The lowest BCUT2D eigenvalue weighted by Crippen LogP contribution is -2.41. The second-order valence-corrected chi connectivity index (χ2v) is 15.6.